The first-order chi connectivity index (χ1) is 13.6. The van der Waals surface area contributed by atoms with Gasteiger partial charge in [-0.2, -0.15) is 0 Å². The van der Waals surface area contributed by atoms with E-state index in [1.165, 1.54) is 6.42 Å². The molecule has 150 valence electrons. The Bertz CT molecular complexity index is 813. The van der Waals surface area contributed by atoms with Gasteiger partial charge in [0, 0.05) is 19.6 Å². The van der Waals surface area contributed by atoms with E-state index in [0.717, 1.165) is 49.0 Å². The average Bonchev–Trinajstić information content (AvgIpc) is 3.37. The third kappa shape index (κ3) is 4.02. The minimum Gasteiger partial charge on any atom is -0.497 e. The highest BCUT2D eigenvalue weighted by atomic mass is 16.5. The summed E-state index contributed by atoms with van der Waals surface area (Å²) in [5.74, 6) is 2.88. The number of fused-ring (bicyclic) bond motifs is 1. The zero-order valence-electron chi connectivity index (χ0n) is 16.6. The van der Waals surface area contributed by atoms with Gasteiger partial charge in [0.15, 0.2) is 5.82 Å². The number of nitrogens with one attached hydrogen (secondary N) is 1. The van der Waals surface area contributed by atoms with Gasteiger partial charge in [-0.15, -0.1) is 10.2 Å². The molecule has 2 aliphatic rings. The summed E-state index contributed by atoms with van der Waals surface area (Å²) in [4.78, 5) is 16.7. The SMILES string of the molecule is COc1ccc(CN(C)CC(=O)N2CCn3c(nnc3[C@H]3CCCN3)C2)cc1. The van der Waals surface area contributed by atoms with Crippen LogP contribution >= 0.6 is 0 Å². The number of carbonyl (C=O) groups is 1. The number of hydrogen-bond donors (Lipinski definition) is 1. The molecule has 28 heavy (non-hydrogen) atoms. The van der Waals surface area contributed by atoms with Gasteiger partial charge in [0.2, 0.25) is 5.91 Å². The van der Waals surface area contributed by atoms with Gasteiger partial charge in [-0.1, -0.05) is 12.1 Å². The smallest absolute Gasteiger partial charge is 0.237 e. The lowest BCUT2D eigenvalue weighted by Crippen LogP contribution is -2.43. The fourth-order valence-electron chi connectivity index (χ4n) is 3.99. The van der Waals surface area contributed by atoms with Crippen LogP contribution in [0, 0.1) is 0 Å². The van der Waals surface area contributed by atoms with Crippen molar-refractivity contribution in [3.05, 3.63) is 41.5 Å². The molecule has 0 unspecified atom stereocenters. The van der Waals surface area contributed by atoms with Crippen LogP contribution in [0.3, 0.4) is 0 Å². The van der Waals surface area contributed by atoms with Crippen LogP contribution in [-0.2, 0) is 24.4 Å². The first-order valence-electron chi connectivity index (χ1n) is 9.88. The first kappa shape index (κ1) is 18.9. The largest absolute Gasteiger partial charge is 0.497 e. The first-order valence-corrected chi connectivity index (χ1v) is 9.88. The van der Waals surface area contributed by atoms with Gasteiger partial charge < -0.3 is 19.5 Å². The lowest BCUT2D eigenvalue weighted by Gasteiger charge is -2.30. The summed E-state index contributed by atoms with van der Waals surface area (Å²) in [6.07, 6.45) is 2.29. The third-order valence-electron chi connectivity index (χ3n) is 5.52. The number of nitrogens with zero attached hydrogens (tertiary/aromatic N) is 5. The molecule has 1 N–H and O–H groups in total. The van der Waals surface area contributed by atoms with Crippen LogP contribution in [0.2, 0.25) is 0 Å². The molecular formula is C20H28N6O2. The maximum absolute atomic E-state index is 12.8. The van der Waals surface area contributed by atoms with Crippen LogP contribution in [0.4, 0.5) is 0 Å². The summed E-state index contributed by atoms with van der Waals surface area (Å²) in [5, 5.41) is 12.2. The minimum atomic E-state index is 0.130. The van der Waals surface area contributed by atoms with Crippen molar-refractivity contribution < 1.29 is 9.53 Å². The molecule has 1 aromatic carbocycles. The molecule has 0 saturated carbocycles. The highest BCUT2D eigenvalue weighted by Crippen LogP contribution is 2.24. The zero-order valence-corrected chi connectivity index (χ0v) is 16.6. The predicted octanol–water partition coefficient (Wildman–Crippen LogP) is 1.19. The molecule has 1 saturated heterocycles. The Morgan fingerprint density at radius 2 is 2.11 bits per heavy atom. The lowest BCUT2D eigenvalue weighted by atomic mass is 10.2. The Kier molecular flexibility index (Phi) is 5.59. The van der Waals surface area contributed by atoms with Crippen molar-refractivity contribution in [2.45, 2.75) is 38.5 Å². The lowest BCUT2D eigenvalue weighted by molar-refractivity contribution is -0.133. The van der Waals surface area contributed by atoms with Gasteiger partial charge in [-0.25, -0.2) is 0 Å². The summed E-state index contributed by atoms with van der Waals surface area (Å²) in [6, 6.07) is 8.25. The van der Waals surface area contributed by atoms with Crippen LogP contribution < -0.4 is 10.1 Å². The Morgan fingerprint density at radius 3 is 2.82 bits per heavy atom. The summed E-state index contributed by atoms with van der Waals surface area (Å²) >= 11 is 0. The van der Waals surface area contributed by atoms with Gasteiger partial charge in [-0.05, 0) is 44.1 Å². The van der Waals surface area contributed by atoms with Gasteiger partial charge in [0.1, 0.15) is 11.6 Å². The van der Waals surface area contributed by atoms with E-state index in [-0.39, 0.29) is 5.91 Å². The fraction of sp³-hybridized carbons (Fsp3) is 0.550. The normalized spacial score (nSPS) is 19.1. The average molecular weight is 384 g/mol. The standard InChI is InChI=1S/C20H28N6O2/c1-24(12-15-5-7-16(28-2)8-6-15)14-19(27)25-10-11-26-18(13-25)22-23-20(26)17-4-3-9-21-17/h5-8,17,21H,3-4,9-14H2,1-2H3/t17-/m1/s1. The number of carbonyl (C=O) groups excluding carboxylic acids is 1. The number of methoxy groups -OCH3 is 1. The van der Waals surface area contributed by atoms with Gasteiger partial charge in [0.05, 0.1) is 26.2 Å². The van der Waals surface area contributed by atoms with Gasteiger partial charge in [0.25, 0.3) is 0 Å². The van der Waals surface area contributed by atoms with Crippen molar-refractivity contribution in [2.24, 2.45) is 0 Å². The van der Waals surface area contributed by atoms with E-state index in [0.29, 0.717) is 25.7 Å². The minimum absolute atomic E-state index is 0.130. The Morgan fingerprint density at radius 1 is 1.29 bits per heavy atom. The Hall–Kier alpha value is -2.45. The molecule has 8 nitrogen and oxygen atoms in total. The van der Waals surface area contributed by atoms with E-state index >= 15 is 0 Å². The second-order valence-electron chi connectivity index (χ2n) is 7.61. The molecule has 1 atom stereocenters. The summed E-state index contributed by atoms with van der Waals surface area (Å²) in [6.45, 7) is 4.16. The topological polar surface area (TPSA) is 75.5 Å². The summed E-state index contributed by atoms with van der Waals surface area (Å²) in [7, 11) is 3.63. The van der Waals surface area contributed by atoms with Crippen molar-refractivity contribution in [1.82, 2.24) is 29.9 Å². The molecule has 1 fully saturated rings. The second-order valence-corrected chi connectivity index (χ2v) is 7.61. The number of benzene rings is 1. The van der Waals surface area contributed by atoms with Crippen LogP contribution in [0.1, 0.15) is 36.1 Å². The fourth-order valence-corrected chi connectivity index (χ4v) is 3.99. The van der Waals surface area contributed by atoms with Crippen molar-refractivity contribution >= 4 is 5.91 Å². The van der Waals surface area contributed by atoms with E-state index in [2.05, 4.69) is 20.1 Å². The van der Waals surface area contributed by atoms with Crippen molar-refractivity contribution in [3.8, 4) is 5.75 Å². The van der Waals surface area contributed by atoms with E-state index < -0.39 is 0 Å². The highest BCUT2D eigenvalue weighted by molar-refractivity contribution is 5.78. The van der Waals surface area contributed by atoms with Crippen molar-refractivity contribution in [3.63, 3.8) is 0 Å². The van der Waals surface area contributed by atoms with E-state index in [9.17, 15) is 4.79 Å². The highest BCUT2D eigenvalue weighted by Gasteiger charge is 2.29. The van der Waals surface area contributed by atoms with Crippen LogP contribution in [0.5, 0.6) is 5.75 Å². The molecule has 1 amide bonds. The van der Waals surface area contributed by atoms with Crippen molar-refractivity contribution in [2.75, 3.05) is 33.8 Å². The number of hydrogen-bond acceptors (Lipinski definition) is 6. The van der Waals surface area contributed by atoms with Gasteiger partial charge in [-0.3, -0.25) is 9.69 Å². The Balaban J connectivity index is 1.33. The molecule has 0 bridgehead atoms. The predicted molar refractivity (Wildman–Crippen MR) is 105 cm³/mol. The number of rotatable bonds is 6. The monoisotopic (exact) mass is 384 g/mol. The maximum atomic E-state index is 12.8. The molecule has 8 heteroatoms. The molecule has 2 aliphatic heterocycles. The van der Waals surface area contributed by atoms with Crippen molar-refractivity contribution in [1.29, 1.82) is 0 Å². The number of aromatic nitrogens is 3. The zero-order chi connectivity index (χ0) is 19.5. The molecule has 1 aromatic heterocycles. The Labute approximate surface area is 165 Å². The van der Waals surface area contributed by atoms with E-state index in [4.69, 9.17) is 4.74 Å². The molecule has 3 heterocycles. The molecule has 2 aromatic rings. The number of likely N-dealkylation sites (N-methyl/N-ethyl adjacent to an activating group) is 1. The quantitative estimate of drug-likeness (QED) is 0.806. The molecule has 4 rings (SSSR count). The molecule has 0 radical (unpaired) electrons. The van der Waals surface area contributed by atoms with Gasteiger partial charge >= 0.3 is 0 Å². The summed E-state index contributed by atoms with van der Waals surface area (Å²) in [5.41, 5.74) is 1.16. The van der Waals surface area contributed by atoms with Crippen LogP contribution in [-0.4, -0.2) is 64.3 Å². The summed E-state index contributed by atoms with van der Waals surface area (Å²) < 4.78 is 7.38. The molecular weight excluding hydrogens is 356 g/mol. The number of amides is 1. The third-order valence-corrected chi connectivity index (χ3v) is 5.52. The van der Waals surface area contributed by atoms with E-state index in [1.807, 2.05) is 41.1 Å². The number of ether oxygens (including phenoxy) is 1. The second kappa shape index (κ2) is 8.28. The van der Waals surface area contributed by atoms with Crippen LogP contribution in [0.15, 0.2) is 24.3 Å². The maximum Gasteiger partial charge on any atom is 0.237 e. The van der Waals surface area contributed by atoms with Crippen LogP contribution in [0.25, 0.3) is 0 Å². The van der Waals surface area contributed by atoms with E-state index in [1.54, 1.807) is 7.11 Å². The molecule has 0 aliphatic carbocycles. The molecule has 0 spiro atoms.